The zero-order chi connectivity index (χ0) is 18.2. The van der Waals surface area contributed by atoms with E-state index in [2.05, 4.69) is 44.2 Å². The summed E-state index contributed by atoms with van der Waals surface area (Å²) in [7, 11) is 0. The van der Waals surface area contributed by atoms with E-state index in [9.17, 15) is 0 Å². The molecule has 1 fully saturated rings. The standard InChI is InChI=1S/C18H28N6O2.HI/c1-3-17-23-21-13-24(17)9-8-19-18(20-12-15-6-4-10-25-15)22-14(2)16-7-5-11-26-16;/h4,6,10,13-14,16H,3,5,7-9,11-12H2,1-2H3,(H2,19,20,22);1H. The predicted molar refractivity (Wildman–Crippen MR) is 114 cm³/mol. The van der Waals surface area contributed by atoms with Gasteiger partial charge >= 0.3 is 0 Å². The zero-order valence-corrected chi connectivity index (χ0v) is 18.3. The van der Waals surface area contributed by atoms with Crippen LogP contribution in [0.3, 0.4) is 0 Å². The number of nitrogens with one attached hydrogen (secondary N) is 2. The van der Waals surface area contributed by atoms with Gasteiger partial charge in [-0.3, -0.25) is 0 Å². The monoisotopic (exact) mass is 488 g/mol. The summed E-state index contributed by atoms with van der Waals surface area (Å²) in [5, 5.41) is 14.9. The van der Waals surface area contributed by atoms with Gasteiger partial charge in [-0.05, 0) is 31.9 Å². The van der Waals surface area contributed by atoms with Crippen molar-refractivity contribution < 1.29 is 9.15 Å². The Kier molecular flexibility index (Phi) is 9.05. The number of aromatic nitrogens is 3. The molecule has 1 aliphatic rings. The second kappa shape index (κ2) is 11.3. The number of halogens is 1. The van der Waals surface area contributed by atoms with E-state index in [1.54, 1.807) is 12.6 Å². The molecule has 3 heterocycles. The molecule has 8 nitrogen and oxygen atoms in total. The highest BCUT2D eigenvalue weighted by Gasteiger charge is 2.23. The van der Waals surface area contributed by atoms with Crippen LogP contribution in [-0.2, 0) is 24.2 Å². The molecule has 150 valence electrons. The van der Waals surface area contributed by atoms with Crippen molar-refractivity contribution in [2.45, 2.75) is 58.3 Å². The lowest BCUT2D eigenvalue weighted by atomic mass is 10.1. The summed E-state index contributed by atoms with van der Waals surface area (Å²) in [6.45, 7) is 7.06. The minimum atomic E-state index is 0. The Hall–Kier alpha value is -1.62. The van der Waals surface area contributed by atoms with Crippen LogP contribution in [0, 0.1) is 0 Å². The fourth-order valence-corrected chi connectivity index (χ4v) is 3.05. The van der Waals surface area contributed by atoms with E-state index >= 15 is 0 Å². The normalized spacial score (nSPS) is 18.1. The number of hydrogen-bond acceptors (Lipinski definition) is 5. The van der Waals surface area contributed by atoms with Gasteiger partial charge in [-0.1, -0.05) is 6.92 Å². The number of guanidine groups is 1. The molecule has 3 rings (SSSR count). The van der Waals surface area contributed by atoms with Crippen LogP contribution in [0.4, 0.5) is 0 Å². The molecule has 27 heavy (non-hydrogen) atoms. The van der Waals surface area contributed by atoms with Gasteiger partial charge in [0.25, 0.3) is 0 Å². The van der Waals surface area contributed by atoms with Crippen LogP contribution in [0.1, 0.15) is 38.3 Å². The third kappa shape index (κ3) is 6.49. The van der Waals surface area contributed by atoms with Crippen LogP contribution >= 0.6 is 24.0 Å². The fraction of sp³-hybridized carbons (Fsp3) is 0.611. The molecule has 2 N–H and O–H groups in total. The number of aryl methyl sites for hydroxylation is 1. The summed E-state index contributed by atoms with van der Waals surface area (Å²) in [5.41, 5.74) is 0. The summed E-state index contributed by atoms with van der Waals surface area (Å²) in [5.74, 6) is 2.58. The van der Waals surface area contributed by atoms with Gasteiger partial charge in [-0.15, -0.1) is 34.2 Å². The second-order valence-corrected chi connectivity index (χ2v) is 6.45. The van der Waals surface area contributed by atoms with Gasteiger partial charge in [-0.2, -0.15) is 0 Å². The molecule has 2 unspecified atom stereocenters. The molecule has 0 spiro atoms. The first-order valence-electron chi connectivity index (χ1n) is 9.31. The molecule has 1 saturated heterocycles. The Morgan fingerprint density at radius 3 is 3.07 bits per heavy atom. The minimum absolute atomic E-state index is 0. The molecule has 0 saturated carbocycles. The number of rotatable bonds is 8. The van der Waals surface area contributed by atoms with Crippen LogP contribution in [0.5, 0.6) is 0 Å². The van der Waals surface area contributed by atoms with Gasteiger partial charge in [0.15, 0.2) is 5.96 Å². The van der Waals surface area contributed by atoms with Gasteiger partial charge in [0.2, 0.25) is 0 Å². The smallest absolute Gasteiger partial charge is 0.192 e. The molecule has 2 aromatic heterocycles. The Bertz CT molecular complexity index is 682. The van der Waals surface area contributed by atoms with Gasteiger partial charge in [-0.25, -0.2) is 4.99 Å². The lowest BCUT2D eigenvalue weighted by Gasteiger charge is -2.23. The van der Waals surface area contributed by atoms with Crippen molar-refractivity contribution in [3.63, 3.8) is 0 Å². The summed E-state index contributed by atoms with van der Waals surface area (Å²) in [4.78, 5) is 4.64. The molecule has 0 radical (unpaired) electrons. The van der Waals surface area contributed by atoms with Crippen molar-refractivity contribution in [1.29, 1.82) is 0 Å². The van der Waals surface area contributed by atoms with Crippen molar-refractivity contribution in [3.8, 4) is 0 Å². The Morgan fingerprint density at radius 1 is 1.48 bits per heavy atom. The zero-order valence-electron chi connectivity index (χ0n) is 15.9. The van der Waals surface area contributed by atoms with E-state index < -0.39 is 0 Å². The van der Waals surface area contributed by atoms with E-state index in [0.717, 1.165) is 56.5 Å². The predicted octanol–water partition coefficient (Wildman–Crippen LogP) is 2.35. The first kappa shape index (κ1) is 21.7. The highest BCUT2D eigenvalue weighted by Crippen LogP contribution is 2.15. The van der Waals surface area contributed by atoms with Crippen molar-refractivity contribution in [3.05, 3.63) is 36.3 Å². The van der Waals surface area contributed by atoms with Crippen molar-refractivity contribution >= 4 is 29.9 Å². The minimum Gasteiger partial charge on any atom is -0.467 e. The number of hydrogen-bond donors (Lipinski definition) is 2. The molecule has 1 aliphatic heterocycles. The van der Waals surface area contributed by atoms with Gasteiger partial charge in [0.1, 0.15) is 24.5 Å². The second-order valence-electron chi connectivity index (χ2n) is 6.45. The highest BCUT2D eigenvalue weighted by molar-refractivity contribution is 14.0. The number of ether oxygens (including phenoxy) is 1. The van der Waals surface area contributed by atoms with Crippen molar-refractivity contribution in [2.24, 2.45) is 4.99 Å². The maximum absolute atomic E-state index is 5.78. The van der Waals surface area contributed by atoms with Crippen molar-refractivity contribution in [2.75, 3.05) is 13.2 Å². The molecule has 0 bridgehead atoms. The summed E-state index contributed by atoms with van der Waals surface area (Å²) in [6, 6.07) is 4.00. The Balaban J connectivity index is 0.00000261. The van der Waals surface area contributed by atoms with Crippen LogP contribution in [0.2, 0.25) is 0 Å². The molecular weight excluding hydrogens is 459 g/mol. The molecule has 0 aliphatic carbocycles. The lowest BCUT2D eigenvalue weighted by Crippen LogP contribution is -2.47. The number of nitrogens with zero attached hydrogens (tertiary/aromatic N) is 4. The average molecular weight is 488 g/mol. The molecule has 2 atom stereocenters. The van der Waals surface area contributed by atoms with E-state index in [1.807, 2.05) is 12.1 Å². The average Bonchev–Trinajstić information content (AvgIpc) is 3.41. The number of furan rings is 1. The van der Waals surface area contributed by atoms with Crippen LogP contribution in [0.25, 0.3) is 0 Å². The summed E-state index contributed by atoms with van der Waals surface area (Å²) >= 11 is 0. The largest absolute Gasteiger partial charge is 0.467 e. The first-order valence-corrected chi connectivity index (χ1v) is 9.31. The van der Waals surface area contributed by atoms with Crippen LogP contribution in [0.15, 0.2) is 34.1 Å². The quantitative estimate of drug-likeness (QED) is 0.337. The fourth-order valence-electron chi connectivity index (χ4n) is 3.05. The summed E-state index contributed by atoms with van der Waals surface area (Å²) in [6.07, 6.45) is 6.74. The molecule has 0 aromatic carbocycles. The lowest BCUT2D eigenvalue weighted by molar-refractivity contribution is 0.0890. The maximum atomic E-state index is 5.78. The van der Waals surface area contributed by atoms with E-state index in [4.69, 9.17) is 9.15 Å². The molecule has 9 heteroatoms. The third-order valence-electron chi connectivity index (χ3n) is 4.52. The van der Waals surface area contributed by atoms with Crippen molar-refractivity contribution in [1.82, 2.24) is 25.4 Å². The van der Waals surface area contributed by atoms with E-state index in [0.29, 0.717) is 6.54 Å². The van der Waals surface area contributed by atoms with Gasteiger partial charge in [0, 0.05) is 26.1 Å². The highest BCUT2D eigenvalue weighted by atomic mass is 127. The molecular formula is C18H29IN6O2. The van der Waals surface area contributed by atoms with E-state index in [-0.39, 0.29) is 36.1 Å². The van der Waals surface area contributed by atoms with Gasteiger partial charge < -0.3 is 24.4 Å². The first-order chi connectivity index (χ1) is 12.8. The summed E-state index contributed by atoms with van der Waals surface area (Å²) < 4.78 is 13.2. The Morgan fingerprint density at radius 2 is 2.37 bits per heavy atom. The SMILES string of the molecule is CCc1nncn1CCNC(=NCc1ccco1)NC(C)C1CCCO1.I. The molecule has 2 aromatic rings. The third-order valence-corrected chi connectivity index (χ3v) is 4.52. The molecule has 0 amide bonds. The van der Waals surface area contributed by atoms with E-state index in [1.165, 1.54) is 0 Å². The number of aliphatic imine (C=N–C) groups is 1. The van der Waals surface area contributed by atoms with Gasteiger partial charge in [0.05, 0.1) is 18.4 Å². The Labute approximate surface area is 177 Å². The topological polar surface area (TPSA) is 89.5 Å². The van der Waals surface area contributed by atoms with Crippen LogP contribution in [-0.4, -0.2) is 46.0 Å². The van der Waals surface area contributed by atoms with Crippen LogP contribution < -0.4 is 10.6 Å². The maximum Gasteiger partial charge on any atom is 0.192 e.